The highest BCUT2D eigenvalue weighted by Crippen LogP contribution is 2.06. The molecule has 0 aromatic rings. The minimum absolute atomic E-state index is 0. The van der Waals surface area contributed by atoms with Crippen molar-refractivity contribution in [3.63, 3.8) is 0 Å². The summed E-state index contributed by atoms with van der Waals surface area (Å²) >= 11 is 0. The lowest BCUT2D eigenvalue weighted by Gasteiger charge is -2.24. The van der Waals surface area contributed by atoms with Crippen LogP contribution in [0.2, 0.25) is 0 Å². The number of halogens is 1. The zero-order valence-corrected chi connectivity index (χ0v) is 11.3. The molecule has 1 atom stereocenters. The molecule has 4 nitrogen and oxygen atoms in total. The third kappa shape index (κ3) is 4.68. The molecule has 1 aliphatic rings. The molecule has 0 aliphatic carbocycles. The summed E-state index contributed by atoms with van der Waals surface area (Å²) in [6.45, 7) is 6.65. The van der Waals surface area contributed by atoms with Crippen molar-refractivity contribution >= 4 is 18.3 Å². The number of carbonyl (C=O) groups is 1. The van der Waals surface area contributed by atoms with E-state index in [1.165, 1.54) is 0 Å². The van der Waals surface area contributed by atoms with Gasteiger partial charge in [0.1, 0.15) is 0 Å². The maximum absolute atomic E-state index is 12.0. The fraction of sp³-hybridized carbons (Fsp3) is 0.909. The summed E-state index contributed by atoms with van der Waals surface area (Å²) in [6, 6.07) is 0. The molecule has 1 N–H and O–H groups in total. The Morgan fingerprint density at radius 3 is 2.62 bits per heavy atom. The third-order valence-corrected chi connectivity index (χ3v) is 2.96. The minimum Gasteiger partial charge on any atom is -0.341 e. The molecule has 0 spiro atoms. The lowest BCUT2D eigenvalue weighted by molar-refractivity contribution is -0.134. The van der Waals surface area contributed by atoms with Gasteiger partial charge in [0, 0.05) is 32.1 Å². The second-order valence-electron chi connectivity index (χ2n) is 4.44. The molecule has 1 heterocycles. The Bertz CT molecular complexity index is 213. The molecule has 0 radical (unpaired) electrons. The Morgan fingerprint density at radius 2 is 2.00 bits per heavy atom. The number of hydrogen-bond acceptors (Lipinski definition) is 3. The number of likely N-dealkylation sites (N-methyl/N-ethyl adjacent to an activating group) is 1. The molecular formula is C11H24ClN3O. The average Bonchev–Trinajstić information content (AvgIpc) is 2.42. The topological polar surface area (TPSA) is 35.6 Å². The van der Waals surface area contributed by atoms with E-state index >= 15 is 0 Å². The van der Waals surface area contributed by atoms with Gasteiger partial charge in [-0.05, 0) is 27.1 Å². The monoisotopic (exact) mass is 249 g/mol. The first-order valence-corrected chi connectivity index (χ1v) is 5.77. The summed E-state index contributed by atoms with van der Waals surface area (Å²) in [4.78, 5) is 16.3. The predicted octanol–water partition coefficient (Wildman–Crippen LogP) is 0.428. The molecule has 1 unspecified atom stereocenters. The van der Waals surface area contributed by atoms with E-state index in [9.17, 15) is 4.79 Å². The van der Waals surface area contributed by atoms with Gasteiger partial charge in [0.25, 0.3) is 0 Å². The Labute approximate surface area is 105 Å². The van der Waals surface area contributed by atoms with Gasteiger partial charge in [-0.25, -0.2) is 0 Å². The fourth-order valence-corrected chi connectivity index (χ4v) is 1.97. The summed E-state index contributed by atoms with van der Waals surface area (Å²) in [5, 5.41) is 3.05. The van der Waals surface area contributed by atoms with E-state index < -0.39 is 0 Å². The number of hydrogen-bond donors (Lipinski definition) is 1. The summed E-state index contributed by atoms with van der Waals surface area (Å²) in [6.07, 6.45) is 1.09. The first-order valence-electron chi connectivity index (χ1n) is 5.77. The summed E-state index contributed by atoms with van der Waals surface area (Å²) in [7, 11) is 4.00. The zero-order chi connectivity index (χ0) is 11.3. The van der Waals surface area contributed by atoms with Gasteiger partial charge < -0.3 is 15.1 Å². The van der Waals surface area contributed by atoms with Gasteiger partial charge in [-0.3, -0.25) is 4.79 Å². The average molecular weight is 250 g/mol. The van der Waals surface area contributed by atoms with Crippen LogP contribution in [0.15, 0.2) is 0 Å². The van der Waals surface area contributed by atoms with E-state index in [0.29, 0.717) is 5.91 Å². The quantitative estimate of drug-likeness (QED) is 0.788. The van der Waals surface area contributed by atoms with Gasteiger partial charge in [0.05, 0.1) is 0 Å². The van der Waals surface area contributed by atoms with Gasteiger partial charge >= 0.3 is 0 Å². The Morgan fingerprint density at radius 1 is 1.31 bits per heavy atom. The van der Waals surface area contributed by atoms with Crippen LogP contribution in [-0.4, -0.2) is 62.5 Å². The van der Waals surface area contributed by atoms with E-state index in [1.54, 1.807) is 0 Å². The summed E-state index contributed by atoms with van der Waals surface area (Å²) in [5.74, 6) is 0.387. The van der Waals surface area contributed by atoms with E-state index in [4.69, 9.17) is 0 Å². The van der Waals surface area contributed by atoms with E-state index in [0.717, 1.165) is 39.1 Å². The van der Waals surface area contributed by atoms with Crippen molar-refractivity contribution in [3.8, 4) is 0 Å². The van der Waals surface area contributed by atoms with Crippen molar-refractivity contribution in [3.05, 3.63) is 0 Å². The minimum atomic E-state index is 0. The number of amides is 1. The van der Waals surface area contributed by atoms with Crippen molar-refractivity contribution < 1.29 is 4.79 Å². The van der Waals surface area contributed by atoms with Gasteiger partial charge in [0.15, 0.2) is 0 Å². The van der Waals surface area contributed by atoms with Gasteiger partial charge in [0.2, 0.25) is 5.91 Å². The zero-order valence-electron chi connectivity index (χ0n) is 10.5. The predicted molar refractivity (Wildman–Crippen MR) is 69.0 cm³/mol. The standard InChI is InChI=1S/C11H23N3O.ClH/c1-10(9-12-2)11(15)14-6-4-5-13(3)7-8-14;/h10,12H,4-9H2,1-3H3;1H. The molecule has 0 aromatic heterocycles. The molecule has 0 aromatic carbocycles. The maximum atomic E-state index is 12.0. The molecule has 96 valence electrons. The van der Waals surface area contributed by atoms with Crippen LogP contribution in [-0.2, 0) is 4.79 Å². The van der Waals surface area contributed by atoms with Gasteiger partial charge in [-0.15, -0.1) is 12.4 Å². The summed E-state index contributed by atoms with van der Waals surface area (Å²) in [5.41, 5.74) is 0. The van der Waals surface area contributed by atoms with Crippen LogP contribution in [0.4, 0.5) is 0 Å². The van der Waals surface area contributed by atoms with Crippen molar-refractivity contribution in [1.29, 1.82) is 0 Å². The van der Waals surface area contributed by atoms with E-state index in [2.05, 4.69) is 17.3 Å². The molecular weight excluding hydrogens is 226 g/mol. The Balaban J connectivity index is 0.00000225. The lowest BCUT2D eigenvalue weighted by Crippen LogP contribution is -2.40. The number of carbonyl (C=O) groups excluding carboxylic acids is 1. The highest BCUT2D eigenvalue weighted by molar-refractivity contribution is 5.85. The fourth-order valence-electron chi connectivity index (χ4n) is 1.97. The summed E-state index contributed by atoms with van der Waals surface area (Å²) < 4.78 is 0. The second kappa shape index (κ2) is 7.87. The molecule has 0 saturated carbocycles. The van der Waals surface area contributed by atoms with Crippen LogP contribution in [0.5, 0.6) is 0 Å². The normalized spacial score (nSPS) is 19.8. The van der Waals surface area contributed by atoms with Crippen molar-refractivity contribution in [2.75, 3.05) is 46.8 Å². The van der Waals surface area contributed by atoms with Crippen LogP contribution in [0.25, 0.3) is 0 Å². The van der Waals surface area contributed by atoms with Crippen LogP contribution in [0, 0.1) is 5.92 Å². The molecule has 1 rings (SSSR count). The molecule has 0 bridgehead atoms. The highest BCUT2D eigenvalue weighted by Gasteiger charge is 2.21. The largest absolute Gasteiger partial charge is 0.341 e. The molecule has 1 aliphatic heterocycles. The molecule has 1 amide bonds. The number of rotatable bonds is 3. The van der Waals surface area contributed by atoms with Gasteiger partial charge in [-0.1, -0.05) is 6.92 Å². The van der Waals surface area contributed by atoms with Crippen molar-refractivity contribution in [2.45, 2.75) is 13.3 Å². The van der Waals surface area contributed by atoms with Gasteiger partial charge in [-0.2, -0.15) is 0 Å². The van der Waals surface area contributed by atoms with E-state index in [-0.39, 0.29) is 18.3 Å². The van der Waals surface area contributed by atoms with E-state index in [1.807, 2.05) is 18.9 Å². The smallest absolute Gasteiger partial charge is 0.226 e. The third-order valence-electron chi connectivity index (χ3n) is 2.96. The first kappa shape index (κ1) is 15.7. The van der Waals surface area contributed by atoms with Crippen LogP contribution >= 0.6 is 12.4 Å². The molecule has 16 heavy (non-hydrogen) atoms. The maximum Gasteiger partial charge on any atom is 0.226 e. The molecule has 1 saturated heterocycles. The molecule has 5 heteroatoms. The van der Waals surface area contributed by atoms with Crippen molar-refractivity contribution in [1.82, 2.24) is 15.1 Å². The second-order valence-corrected chi connectivity index (χ2v) is 4.44. The lowest BCUT2D eigenvalue weighted by atomic mass is 10.1. The first-order chi connectivity index (χ1) is 7.15. The van der Waals surface area contributed by atoms with Crippen LogP contribution in [0.3, 0.4) is 0 Å². The Kier molecular flexibility index (Phi) is 7.72. The van der Waals surface area contributed by atoms with Crippen LogP contribution < -0.4 is 5.32 Å². The van der Waals surface area contributed by atoms with Crippen molar-refractivity contribution in [2.24, 2.45) is 5.92 Å². The number of nitrogens with one attached hydrogen (secondary N) is 1. The SMILES string of the molecule is CNCC(C)C(=O)N1CCCN(C)CC1.Cl. The number of nitrogens with zero attached hydrogens (tertiary/aromatic N) is 2. The molecule has 1 fully saturated rings. The highest BCUT2D eigenvalue weighted by atomic mass is 35.5. The van der Waals surface area contributed by atoms with Crippen LogP contribution in [0.1, 0.15) is 13.3 Å². The Hall–Kier alpha value is -0.320.